The van der Waals surface area contributed by atoms with Gasteiger partial charge in [0.05, 0.1) is 6.61 Å². The molecule has 0 radical (unpaired) electrons. The van der Waals surface area contributed by atoms with Crippen molar-refractivity contribution >= 4 is 11.6 Å². The molecule has 0 fully saturated rings. The SMILES string of the molecule is Cc1c(NC2Cc3ccccc3C2)cccc1C(=O)NCCO. The van der Waals surface area contributed by atoms with Crippen LogP contribution in [-0.4, -0.2) is 30.2 Å². The maximum absolute atomic E-state index is 12.1. The van der Waals surface area contributed by atoms with E-state index in [9.17, 15) is 4.79 Å². The van der Waals surface area contributed by atoms with Crippen LogP contribution < -0.4 is 10.6 Å². The molecule has 0 heterocycles. The first kappa shape index (κ1) is 15.6. The monoisotopic (exact) mass is 310 g/mol. The number of carbonyl (C=O) groups excluding carboxylic acids is 1. The minimum absolute atomic E-state index is 0.0525. The summed E-state index contributed by atoms with van der Waals surface area (Å²) in [5.41, 5.74) is 5.40. The molecule has 4 heteroatoms. The molecule has 0 aliphatic heterocycles. The van der Waals surface area contributed by atoms with E-state index in [0.29, 0.717) is 11.6 Å². The summed E-state index contributed by atoms with van der Waals surface area (Å²) in [5, 5.41) is 15.1. The summed E-state index contributed by atoms with van der Waals surface area (Å²) in [6.07, 6.45) is 2.02. The van der Waals surface area contributed by atoms with Crippen molar-refractivity contribution in [3.63, 3.8) is 0 Å². The summed E-state index contributed by atoms with van der Waals surface area (Å²) in [4.78, 5) is 12.1. The van der Waals surface area contributed by atoms with E-state index in [0.717, 1.165) is 24.1 Å². The number of anilines is 1. The quantitative estimate of drug-likeness (QED) is 0.794. The van der Waals surface area contributed by atoms with Crippen molar-refractivity contribution in [3.05, 3.63) is 64.7 Å². The van der Waals surface area contributed by atoms with E-state index < -0.39 is 0 Å². The first-order valence-corrected chi connectivity index (χ1v) is 8.01. The van der Waals surface area contributed by atoms with Gasteiger partial charge in [-0.25, -0.2) is 0 Å². The normalized spacial score (nSPS) is 13.7. The molecule has 1 aliphatic carbocycles. The largest absolute Gasteiger partial charge is 0.395 e. The minimum Gasteiger partial charge on any atom is -0.395 e. The van der Waals surface area contributed by atoms with Gasteiger partial charge in [-0.05, 0) is 48.6 Å². The van der Waals surface area contributed by atoms with Crippen LogP contribution in [0.3, 0.4) is 0 Å². The lowest BCUT2D eigenvalue weighted by Gasteiger charge is -2.17. The molecule has 4 nitrogen and oxygen atoms in total. The van der Waals surface area contributed by atoms with Crippen LogP contribution in [-0.2, 0) is 12.8 Å². The maximum atomic E-state index is 12.1. The van der Waals surface area contributed by atoms with Gasteiger partial charge >= 0.3 is 0 Å². The zero-order chi connectivity index (χ0) is 16.2. The first-order chi connectivity index (χ1) is 11.2. The van der Waals surface area contributed by atoms with Gasteiger partial charge in [0.1, 0.15) is 0 Å². The van der Waals surface area contributed by atoms with Crippen molar-refractivity contribution in [1.29, 1.82) is 0 Å². The molecule has 0 saturated heterocycles. The van der Waals surface area contributed by atoms with Gasteiger partial charge in [-0.15, -0.1) is 0 Å². The molecular formula is C19H22N2O2. The van der Waals surface area contributed by atoms with Crippen molar-refractivity contribution < 1.29 is 9.90 Å². The summed E-state index contributed by atoms with van der Waals surface area (Å²) in [5.74, 6) is -0.144. The highest BCUT2D eigenvalue weighted by Gasteiger charge is 2.21. The van der Waals surface area contributed by atoms with Gasteiger partial charge < -0.3 is 15.7 Å². The van der Waals surface area contributed by atoms with Crippen molar-refractivity contribution in [2.75, 3.05) is 18.5 Å². The zero-order valence-electron chi connectivity index (χ0n) is 13.3. The minimum atomic E-state index is -0.144. The van der Waals surface area contributed by atoms with E-state index in [4.69, 9.17) is 5.11 Å². The Morgan fingerprint density at radius 2 is 1.83 bits per heavy atom. The number of aliphatic hydroxyl groups excluding tert-OH is 1. The van der Waals surface area contributed by atoms with Gasteiger partial charge in [-0.2, -0.15) is 0 Å². The molecule has 3 rings (SSSR count). The predicted octanol–water partition coefficient (Wildman–Crippen LogP) is 2.30. The number of carbonyl (C=O) groups is 1. The van der Waals surface area contributed by atoms with Gasteiger partial charge in [-0.1, -0.05) is 30.3 Å². The summed E-state index contributed by atoms with van der Waals surface area (Å²) in [7, 11) is 0. The molecule has 2 aromatic rings. The molecule has 0 aromatic heterocycles. The van der Waals surface area contributed by atoms with Gasteiger partial charge in [0.25, 0.3) is 5.91 Å². The van der Waals surface area contributed by atoms with Gasteiger partial charge in [0.15, 0.2) is 0 Å². The fraction of sp³-hybridized carbons (Fsp3) is 0.316. The molecule has 23 heavy (non-hydrogen) atoms. The van der Waals surface area contributed by atoms with Crippen LogP contribution in [0.1, 0.15) is 27.0 Å². The average molecular weight is 310 g/mol. The lowest BCUT2D eigenvalue weighted by molar-refractivity contribution is 0.0944. The Hall–Kier alpha value is -2.33. The lowest BCUT2D eigenvalue weighted by Crippen LogP contribution is -2.27. The summed E-state index contributed by atoms with van der Waals surface area (Å²) >= 11 is 0. The van der Waals surface area contributed by atoms with Crippen molar-refractivity contribution in [2.24, 2.45) is 0 Å². The number of benzene rings is 2. The van der Waals surface area contributed by atoms with Crippen molar-refractivity contribution in [2.45, 2.75) is 25.8 Å². The third-order valence-electron chi connectivity index (χ3n) is 4.39. The van der Waals surface area contributed by atoms with Gasteiger partial charge in [0.2, 0.25) is 0 Å². The highest BCUT2D eigenvalue weighted by molar-refractivity contribution is 5.97. The summed E-state index contributed by atoms with van der Waals surface area (Å²) in [6, 6.07) is 14.6. The Kier molecular flexibility index (Phi) is 4.63. The van der Waals surface area contributed by atoms with Crippen LogP contribution in [0, 0.1) is 6.92 Å². The number of amides is 1. The molecule has 1 aliphatic rings. The van der Waals surface area contributed by atoms with Crippen LogP contribution in [0.2, 0.25) is 0 Å². The molecule has 0 saturated carbocycles. The van der Waals surface area contributed by atoms with Crippen LogP contribution in [0.15, 0.2) is 42.5 Å². The number of hydrogen-bond acceptors (Lipinski definition) is 3. The number of aliphatic hydroxyl groups is 1. The standard InChI is InChI=1S/C19H22N2O2/c1-13-17(19(23)20-9-10-22)7-4-8-18(13)21-16-11-14-5-2-3-6-15(14)12-16/h2-8,16,21-22H,9-12H2,1H3,(H,20,23). The van der Waals surface area contributed by atoms with Gasteiger partial charge in [-0.3, -0.25) is 4.79 Å². The molecule has 2 aromatic carbocycles. The third-order valence-corrected chi connectivity index (χ3v) is 4.39. The smallest absolute Gasteiger partial charge is 0.251 e. The molecule has 3 N–H and O–H groups in total. The molecule has 0 unspecified atom stereocenters. The van der Waals surface area contributed by atoms with E-state index >= 15 is 0 Å². The lowest BCUT2D eigenvalue weighted by atomic mass is 10.0. The van der Waals surface area contributed by atoms with E-state index in [2.05, 4.69) is 34.9 Å². The predicted molar refractivity (Wildman–Crippen MR) is 91.9 cm³/mol. The van der Waals surface area contributed by atoms with E-state index in [-0.39, 0.29) is 19.1 Å². The summed E-state index contributed by atoms with van der Waals surface area (Å²) < 4.78 is 0. The fourth-order valence-electron chi connectivity index (χ4n) is 3.18. The maximum Gasteiger partial charge on any atom is 0.251 e. The summed E-state index contributed by atoms with van der Waals surface area (Å²) in [6.45, 7) is 2.18. The molecule has 120 valence electrons. The Labute approximate surface area is 136 Å². The molecular weight excluding hydrogens is 288 g/mol. The first-order valence-electron chi connectivity index (χ1n) is 8.01. The Morgan fingerprint density at radius 1 is 1.13 bits per heavy atom. The molecule has 0 bridgehead atoms. The highest BCUT2D eigenvalue weighted by Crippen LogP contribution is 2.26. The second-order valence-electron chi connectivity index (χ2n) is 5.98. The number of hydrogen-bond donors (Lipinski definition) is 3. The van der Waals surface area contributed by atoms with Crippen LogP contribution in [0.25, 0.3) is 0 Å². The van der Waals surface area contributed by atoms with Crippen molar-refractivity contribution in [1.82, 2.24) is 5.32 Å². The number of nitrogens with one attached hydrogen (secondary N) is 2. The Morgan fingerprint density at radius 3 is 2.48 bits per heavy atom. The fourth-order valence-corrected chi connectivity index (χ4v) is 3.18. The Bertz CT molecular complexity index is 687. The van der Waals surface area contributed by atoms with Crippen LogP contribution >= 0.6 is 0 Å². The number of fused-ring (bicyclic) bond motifs is 1. The number of rotatable bonds is 5. The second kappa shape index (κ2) is 6.84. The topological polar surface area (TPSA) is 61.4 Å². The third kappa shape index (κ3) is 3.37. The van der Waals surface area contributed by atoms with Crippen LogP contribution in [0.4, 0.5) is 5.69 Å². The van der Waals surface area contributed by atoms with E-state index in [1.54, 1.807) is 0 Å². The molecule has 1 amide bonds. The average Bonchev–Trinajstić information content (AvgIpc) is 2.97. The second-order valence-corrected chi connectivity index (χ2v) is 5.98. The van der Waals surface area contributed by atoms with Crippen LogP contribution in [0.5, 0.6) is 0 Å². The van der Waals surface area contributed by atoms with E-state index in [1.807, 2.05) is 25.1 Å². The van der Waals surface area contributed by atoms with Gasteiger partial charge in [0, 0.05) is 23.8 Å². The van der Waals surface area contributed by atoms with Crippen molar-refractivity contribution in [3.8, 4) is 0 Å². The van der Waals surface area contributed by atoms with E-state index in [1.165, 1.54) is 11.1 Å². The molecule has 0 atom stereocenters. The Balaban J connectivity index is 1.73. The zero-order valence-corrected chi connectivity index (χ0v) is 13.3. The highest BCUT2D eigenvalue weighted by atomic mass is 16.3. The molecule has 0 spiro atoms.